The minimum atomic E-state index is -0.186. The van der Waals surface area contributed by atoms with Crippen LogP contribution < -0.4 is 5.32 Å². The fourth-order valence-corrected chi connectivity index (χ4v) is 1.43. The highest BCUT2D eigenvalue weighted by Gasteiger charge is 2.20. The Labute approximate surface area is 104 Å². The molecule has 0 fully saturated rings. The predicted octanol–water partition coefficient (Wildman–Crippen LogP) is 2.82. The highest BCUT2D eigenvalue weighted by atomic mass is 19.1. The van der Waals surface area contributed by atoms with Gasteiger partial charge in [0.25, 0.3) is 0 Å². The summed E-state index contributed by atoms with van der Waals surface area (Å²) in [6.07, 6.45) is 0. The van der Waals surface area contributed by atoms with Gasteiger partial charge in [-0.25, -0.2) is 4.39 Å². The van der Waals surface area contributed by atoms with Crippen LogP contribution in [0.4, 0.5) is 4.39 Å². The molecule has 0 bridgehead atoms. The molecule has 1 atom stereocenters. The van der Waals surface area contributed by atoms with Crippen molar-refractivity contribution >= 4 is 0 Å². The SMILES string of the molecule is CC(NCC(C)(C)N(C)C)c1ccc(F)cc1. The average Bonchev–Trinajstić information content (AvgIpc) is 2.27. The van der Waals surface area contributed by atoms with E-state index in [1.165, 1.54) is 12.1 Å². The molecule has 0 spiro atoms. The Kier molecular flexibility index (Phi) is 4.66. The normalized spacial score (nSPS) is 14.1. The second-order valence-corrected chi connectivity index (χ2v) is 5.36. The third kappa shape index (κ3) is 4.10. The van der Waals surface area contributed by atoms with Crippen LogP contribution in [0, 0.1) is 5.82 Å². The first-order valence-electron chi connectivity index (χ1n) is 5.99. The van der Waals surface area contributed by atoms with Gasteiger partial charge in [0.2, 0.25) is 0 Å². The molecule has 0 aliphatic carbocycles. The predicted molar refractivity (Wildman–Crippen MR) is 70.6 cm³/mol. The van der Waals surface area contributed by atoms with E-state index in [0.29, 0.717) is 0 Å². The molecule has 1 N–H and O–H groups in total. The van der Waals surface area contributed by atoms with E-state index < -0.39 is 0 Å². The molecule has 1 aromatic rings. The molecule has 0 radical (unpaired) electrons. The Balaban J connectivity index is 2.55. The number of halogens is 1. The number of likely N-dealkylation sites (N-methyl/N-ethyl adjacent to an activating group) is 1. The number of nitrogens with one attached hydrogen (secondary N) is 1. The molecule has 17 heavy (non-hydrogen) atoms. The van der Waals surface area contributed by atoms with Crippen molar-refractivity contribution in [3.8, 4) is 0 Å². The zero-order valence-electron chi connectivity index (χ0n) is 11.4. The van der Waals surface area contributed by atoms with Crippen molar-refractivity contribution in [3.05, 3.63) is 35.6 Å². The molecule has 0 saturated carbocycles. The van der Waals surface area contributed by atoms with Gasteiger partial charge in [-0.05, 0) is 52.6 Å². The Morgan fingerprint density at radius 1 is 1.24 bits per heavy atom. The van der Waals surface area contributed by atoms with Crippen LogP contribution in [0.5, 0.6) is 0 Å². The van der Waals surface area contributed by atoms with Crippen LogP contribution >= 0.6 is 0 Å². The lowest BCUT2D eigenvalue weighted by atomic mass is 10.0. The third-order valence-corrected chi connectivity index (χ3v) is 3.42. The zero-order valence-corrected chi connectivity index (χ0v) is 11.4. The molecular weight excluding hydrogens is 215 g/mol. The monoisotopic (exact) mass is 238 g/mol. The third-order valence-electron chi connectivity index (χ3n) is 3.42. The maximum Gasteiger partial charge on any atom is 0.123 e. The van der Waals surface area contributed by atoms with Gasteiger partial charge in [0, 0.05) is 18.1 Å². The highest BCUT2D eigenvalue weighted by Crippen LogP contribution is 2.15. The van der Waals surface area contributed by atoms with E-state index in [0.717, 1.165) is 12.1 Å². The van der Waals surface area contributed by atoms with Crippen LogP contribution in [0.3, 0.4) is 0 Å². The Morgan fingerprint density at radius 2 is 1.76 bits per heavy atom. The first-order chi connectivity index (χ1) is 7.83. The van der Waals surface area contributed by atoms with Gasteiger partial charge in [0.05, 0.1) is 0 Å². The van der Waals surface area contributed by atoms with Crippen LogP contribution in [0.15, 0.2) is 24.3 Å². The molecule has 0 amide bonds. The van der Waals surface area contributed by atoms with E-state index in [1.807, 2.05) is 12.1 Å². The summed E-state index contributed by atoms with van der Waals surface area (Å²) < 4.78 is 12.8. The topological polar surface area (TPSA) is 15.3 Å². The summed E-state index contributed by atoms with van der Waals surface area (Å²) in [4.78, 5) is 2.19. The van der Waals surface area contributed by atoms with Crippen molar-refractivity contribution in [3.63, 3.8) is 0 Å². The van der Waals surface area contributed by atoms with Gasteiger partial charge < -0.3 is 10.2 Å². The summed E-state index contributed by atoms with van der Waals surface area (Å²) in [5.41, 5.74) is 1.22. The van der Waals surface area contributed by atoms with Crippen molar-refractivity contribution in [2.24, 2.45) is 0 Å². The van der Waals surface area contributed by atoms with Crippen LogP contribution in [0.25, 0.3) is 0 Å². The molecule has 2 nitrogen and oxygen atoms in total. The molecule has 0 aromatic heterocycles. The van der Waals surface area contributed by atoms with Gasteiger partial charge in [0.1, 0.15) is 5.82 Å². The first-order valence-corrected chi connectivity index (χ1v) is 5.99. The molecule has 96 valence electrons. The summed E-state index contributed by atoms with van der Waals surface area (Å²) in [7, 11) is 4.15. The lowest BCUT2D eigenvalue weighted by Gasteiger charge is -2.34. The van der Waals surface area contributed by atoms with Crippen LogP contribution in [0.1, 0.15) is 32.4 Å². The number of benzene rings is 1. The Bertz CT molecular complexity index is 344. The van der Waals surface area contributed by atoms with Gasteiger partial charge >= 0.3 is 0 Å². The maximum absolute atomic E-state index is 12.8. The largest absolute Gasteiger partial charge is 0.308 e. The van der Waals surface area contributed by atoms with E-state index in [9.17, 15) is 4.39 Å². The molecule has 0 aliphatic heterocycles. The second-order valence-electron chi connectivity index (χ2n) is 5.36. The van der Waals surface area contributed by atoms with Crippen molar-refractivity contribution in [1.29, 1.82) is 0 Å². The van der Waals surface area contributed by atoms with E-state index in [2.05, 4.69) is 45.1 Å². The molecular formula is C14H23FN2. The molecule has 1 aromatic carbocycles. The van der Waals surface area contributed by atoms with Crippen molar-refractivity contribution < 1.29 is 4.39 Å². The van der Waals surface area contributed by atoms with Crippen molar-refractivity contribution in [2.75, 3.05) is 20.6 Å². The number of rotatable bonds is 5. The van der Waals surface area contributed by atoms with Gasteiger partial charge in [-0.3, -0.25) is 0 Å². The molecule has 1 rings (SSSR count). The maximum atomic E-state index is 12.8. The first kappa shape index (κ1) is 14.1. The second kappa shape index (κ2) is 5.61. The lowest BCUT2D eigenvalue weighted by molar-refractivity contribution is 0.185. The van der Waals surface area contributed by atoms with E-state index in [1.54, 1.807) is 0 Å². The quantitative estimate of drug-likeness (QED) is 0.848. The van der Waals surface area contributed by atoms with Gasteiger partial charge in [-0.15, -0.1) is 0 Å². The number of nitrogens with zero attached hydrogens (tertiary/aromatic N) is 1. The van der Waals surface area contributed by atoms with Crippen LogP contribution in [-0.4, -0.2) is 31.1 Å². The van der Waals surface area contributed by atoms with Crippen LogP contribution in [-0.2, 0) is 0 Å². The standard InChI is InChI=1S/C14H23FN2/c1-11(12-6-8-13(15)9-7-12)16-10-14(2,3)17(4)5/h6-9,11,16H,10H2,1-5H3. The minimum absolute atomic E-state index is 0.105. The van der Waals surface area contributed by atoms with Crippen molar-refractivity contribution in [1.82, 2.24) is 10.2 Å². The molecule has 0 heterocycles. The summed E-state index contributed by atoms with van der Waals surface area (Å²) in [5.74, 6) is -0.186. The van der Waals surface area contributed by atoms with Gasteiger partial charge in [0.15, 0.2) is 0 Å². The molecule has 3 heteroatoms. The summed E-state index contributed by atoms with van der Waals surface area (Å²) in [5, 5.41) is 3.48. The summed E-state index contributed by atoms with van der Waals surface area (Å²) in [6, 6.07) is 6.90. The Morgan fingerprint density at radius 3 is 2.24 bits per heavy atom. The summed E-state index contributed by atoms with van der Waals surface area (Å²) >= 11 is 0. The molecule has 1 unspecified atom stereocenters. The summed E-state index contributed by atoms with van der Waals surface area (Å²) in [6.45, 7) is 7.37. The van der Waals surface area contributed by atoms with E-state index in [-0.39, 0.29) is 17.4 Å². The van der Waals surface area contributed by atoms with Crippen LogP contribution in [0.2, 0.25) is 0 Å². The fraction of sp³-hybridized carbons (Fsp3) is 0.571. The van der Waals surface area contributed by atoms with E-state index >= 15 is 0 Å². The molecule has 0 saturated heterocycles. The van der Waals surface area contributed by atoms with Gasteiger partial charge in [-0.1, -0.05) is 12.1 Å². The van der Waals surface area contributed by atoms with E-state index in [4.69, 9.17) is 0 Å². The lowest BCUT2D eigenvalue weighted by Crippen LogP contribution is -2.47. The zero-order chi connectivity index (χ0) is 13.1. The average molecular weight is 238 g/mol. The Hall–Kier alpha value is -0.930. The van der Waals surface area contributed by atoms with Crippen molar-refractivity contribution in [2.45, 2.75) is 32.4 Å². The minimum Gasteiger partial charge on any atom is -0.308 e. The highest BCUT2D eigenvalue weighted by molar-refractivity contribution is 5.19. The van der Waals surface area contributed by atoms with Gasteiger partial charge in [-0.2, -0.15) is 0 Å². The number of hydrogen-bond acceptors (Lipinski definition) is 2. The fourth-order valence-electron chi connectivity index (χ4n) is 1.43. The smallest absolute Gasteiger partial charge is 0.123 e. The number of hydrogen-bond donors (Lipinski definition) is 1. The molecule has 0 aliphatic rings.